The maximum Gasteiger partial charge on any atom is 0.317 e. The van der Waals surface area contributed by atoms with Crippen LogP contribution in [0.5, 0.6) is 5.75 Å². The third-order valence-electron chi connectivity index (χ3n) is 5.79. The zero-order valence-electron chi connectivity index (χ0n) is 12.7. The minimum atomic E-state index is -4.48. The Morgan fingerprint density at radius 3 is 1.91 bits per heavy atom. The van der Waals surface area contributed by atoms with Crippen molar-refractivity contribution in [1.82, 2.24) is 0 Å². The van der Waals surface area contributed by atoms with Gasteiger partial charge in [0.25, 0.3) is 0 Å². The van der Waals surface area contributed by atoms with Gasteiger partial charge in [0.2, 0.25) is 0 Å². The predicted octanol–water partition coefficient (Wildman–Crippen LogP) is 2.71. The zero-order valence-corrected chi connectivity index (χ0v) is 13.6. The average Bonchev–Trinajstić information content (AvgIpc) is 2.45. The summed E-state index contributed by atoms with van der Waals surface area (Å²) in [4.78, 5) is 12.4. The molecule has 124 valence electrons. The van der Waals surface area contributed by atoms with Crippen molar-refractivity contribution in [1.29, 1.82) is 0 Å². The fourth-order valence-electron chi connectivity index (χ4n) is 5.25. The topological polar surface area (TPSA) is 83.5 Å². The van der Waals surface area contributed by atoms with Crippen molar-refractivity contribution in [3.8, 4) is 5.75 Å². The van der Waals surface area contributed by atoms with Gasteiger partial charge >= 0.3 is 5.97 Å². The van der Waals surface area contributed by atoms with Crippen LogP contribution in [0.4, 0.5) is 0 Å². The smallest absolute Gasteiger partial charge is 0.317 e. The van der Waals surface area contributed by atoms with Gasteiger partial charge in [-0.2, -0.15) is 0 Å². The fraction of sp³-hybridized carbons (Fsp3) is 0.588. The number of ether oxygens (including phenoxy) is 1. The average molecular weight is 335 g/mol. The molecule has 0 heterocycles. The number of hydrogen-bond donors (Lipinski definition) is 0. The SMILES string of the molecule is O=C(Oc1ccc(S(=O)(=O)[O-])cc1)C12CC3CC(CC(C3)C1)C2. The minimum absolute atomic E-state index is 0.186. The van der Waals surface area contributed by atoms with Crippen molar-refractivity contribution < 1.29 is 22.5 Å². The van der Waals surface area contributed by atoms with Crippen LogP contribution in [0, 0.1) is 23.2 Å². The van der Waals surface area contributed by atoms with Gasteiger partial charge in [-0.25, -0.2) is 8.42 Å². The van der Waals surface area contributed by atoms with E-state index in [-0.39, 0.29) is 16.3 Å². The number of rotatable bonds is 3. The normalized spacial score (nSPS) is 35.3. The van der Waals surface area contributed by atoms with Gasteiger partial charge in [-0.3, -0.25) is 4.79 Å². The van der Waals surface area contributed by atoms with Crippen molar-refractivity contribution in [3.05, 3.63) is 24.3 Å². The van der Waals surface area contributed by atoms with E-state index < -0.39 is 10.1 Å². The van der Waals surface area contributed by atoms with Gasteiger partial charge in [0, 0.05) is 0 Å². The summed E-state index contributed by atoms with van der Waals surface area (Å²) in [7, 11) is -4.48. The molecule has 0 amide bonds. The van der Waals surface area contributed by atoms with Crippen LogP contribution in [0.2, 0.25) is 0 Å². The van der Waals surface area contributed by atoms with Gasteiger partial charge in [0.05, 0.1) is 10.3 Å². The highest BCUT2D eigenvalue weighted by Gasteiger charge is 2.55. The predicted molar refractivity (Wildman–Crippen MR) is 80.6 cm³/mol. The molecule has 4 aliphatic carbocycles. The first-order valence-electron chi connectivity index (χ1n) is 8.12. The first-order valence-corrected chi connectivity index (χ1v) is 9.53. The monoisotopic (exact) mass is 335 g/mol. The molecule has 5 rings (SSSR count). The second-order valence-corrected chi connectivity index (χ2v) is 8.89. The van der Waals surface area contributed by atoms with E-state index in [4.69, 9.17) is 4.74 Å². The quantitative estimate of drug-likeness (QED) is 0.482. The van der Waals surface area contributed by atoms with E-state index in [1.54, 1.807) is 0 Å². The molecule has 1 aromatic rings. The van der Waals surface area contributed by atoms with Crippen molar-refractivity contribution in [2.75, 3.05) is 0 Å². The molecule has 5 nitrogen and oxygen atoms in total. The Labute approximate surface area is 135 Å². The molecule has 6 heteroatoms. The minimum Gasteiger partial charge on any atom is -0.744 e. The molecule has 4 fully saturated rings. The van der Waals surface area contributed by atoms with Crippen molar-refractivity contribution in [3.63, 3.8) is 0 Å². The van der Waals surface area contributed by atoms with Crippen LogP contribution in [0.25, 0.3) is 0 Å². The van der Waals surface area contributed by atoms with E-state index in [9.17, 15) is 17.8 Å². The molecular weight excluding hydrogens is 316 g/mol. The second kappa shape index (κ2) is 5.05. The van der Waals surface area contributed by atoms with Crippen molar-refractivity contribution in [2.24, 2.45) is 23.2 Å². The molecule has 0 spiro atoms. The van der Waals surface area contributed by atoms with E-state index >= 15 is 0 Å². The Morgan fingerprint density at radius 2 is 1.48 bits per heavy atom. The summed E-state index contributed by atoms with van der Waals surface area (Å²) in [5, 5.41) is 0. The Balaban J connectivity index is 1.52. The van der Waals surface area contributed by atoms with E-state index in [1.807, 2.05) is 0 Å². The molecule has 0 N–H and O–H groups in total. The zero-order chi connectivity index (χ0) is 16.2. The molecule has 0 aromatic heterocycles. The van der Waals surface area contributed by atoms with Gasteiger partial charge in [0.15, 0.2) is 0 Å². The lowest BCUT2D eigenvalue weighted by Gasteiger charge is -2.55. The first kappa shape index (κ1) is 15.1. The third-order valence-corrected chi connectivity index (χ3v) is 6.64. The number of carbonyl (C=O) groups excluding carboxylic acids is 1. The number of benzene rings is 1. The number of esters is 1. The van der Waals surface area contributed by atoms with Crippen LogP contribution in [0.3, 0.4) is 0 Å². The molecular formula is C17H19O5S-. The lowest BCUT2D eigenvalue weighted by molar-refractivity contribution is -0.161. The Morgan fingerprint density at radius 1 is 1.00 bits per heavy atom. The van der Waals surface area contributed by atoms with Crippen LogP contribution in [0.15, 0.2) is 29.2 Å². The summed E-state index contributed by atoms with van der Waals surface area (Å²) in [6.07, 6.45) is 6.52. The molecule has 0 unspecified atom stereocenters. The number of carbonyl (C=O) groups is 1. The molecule has 4 bridgehead atoms. The highest BCUT2D eigenvalue weighted by atomic mass is 32.2. The summed E-state index contributed by atoms with van der Waals surface area (Å²) < 4.78 is 38.3. The summed E-state index contributed by atoms with van der Waals surface area (Å²) >= 11 is 0. The molecule has 0 aliphatic heterocycles. The summed E-state index contributed by atoms with van der Waals surface area (Å²) in [5.41, 5.74) is -0.349. The summed E-state index contributed by atoms with van der Waals surface area (Å²) in [6, 6.07) is 5.13. The largest absolute Gasteiger partial charge is 0.744 e. The van der Waals surface area contributed by atoms with Gasteiger partial charge in [-0.15, -0.1) is 0 Å². The Kier molecular flexibility index (Phi) is 3.32. The third kappa shape index (κ3) is 2.68. The maximum absolute atomic E-state index is 12.7. The molecule has 4 saturated carbocycles. The molecule has 23 heavy (non-hydrogen) atoms. The van der Waals surface area contributed by atoms with Crippen molar-refractivity contribution in [2.45, 2.75) is 43.4 Å². The Bertz CT molecular complexity index is 699. The second-order valence-electron chi connectivity index (χ2n) is 7.51. The Hall–Kier alpha value is -1.40. The molecule has 0 saturated heterocycles. The maximum atomic E-state index is 12.7. The van der Waals surface area contributed by atoms with Crippen LogP contribution >= 0.6 is 0 Å². The molecule has 0 radical (unpaired) electrons. The van der Waals surface area contributed by atoms with Crippen molar-refractivity contribution >= 4 is 16.1 Å². The summed E-state index contributed by atoms with van der Waals surface area (Å²) in [5.74, 6) is 2.08. The van der Waals surface area contributed by atoms with Gasteiger partial charge in [0.1, 0.15) is 15.9 Å². The van der Waals surface area contributed by atoms with E-state index in [2.05, 4.69) is 0 Å². The fourth-order valence-corrected chi connectivity index (χ4v) is 5.72. The van der Waals surface area contributed by atoms with Gasteiger partial charge < -0.3 is 9.29 Å². The van der Waals surface area contributed by atoms with E-state index in [0.717, 1.165) is 19.3 Å². The van der Waals surface area contributed by atoms with Crippen LogP contribution in [-0.2, 0) is 14.9 Å². The number of hydrogen-bond acceptors (Lipinski definition) is 5. The van der Waals surface area contributed by atoms with Gasteiger partial charge in [-0.05, 0) is 80.5 Å². The first-order chi connectivity index (χ1) is 10.8. The van der Waals surface area contributed by atoms with Crippen LogP contribution < -0.4 is 4.74 Å². The van der Waals surface area contributed by atoms with Crippen LogP contribution in [0.1, 0.15) is 38.5 Å². The lowest BCUT2D eigenvalue weighted by Crippen LogP contribution is -2.51. The van der Waals surface area contributed by atoms with E-state index in [0.29, 0.717) is 23.5 Å². The highest BCUT2D eigenvalue weighted by molar-refractivity contribution is 7.85. The highest BCUT2D eigenvalue weighted by Crippen LogP contribution is 2.60. The molecule has 4 aliphatic rings. The van der Waals surface area contributed by atoms with Gasteiger partial charge in [-0.1, -0.05) is 0 Å². The standard InChI is InChI=1S/C17H20O5S/c18-16(22-14-1-3-15(4-2-14)23(19,20)21)17-8-11-5-12(9-17)7-13(6-11)10-17/h1-4,11-13H,5-10H2,(H,19,20,21)/p-1. The molecule has 0 atom stereocenters. The summed E-state index contributed by atoms with van der Waals surface area (Å²) in [6.45, 7) is 0. The van der Waals surface area contributed by atoms with E-state index in [1.165, 1.54) is 43.5 Å². The van der Waals surface area contributed by atoms with Crippen LogP contribution in [-0.4, -0.2) is 18.9 Å². The molecule has 1 aromatic carbocycles. The lowest BCUT2D eigenvalue weighted by atomic mass is 9.49.